The van der Waals surface area contributed by atoms with E-state index < -0.39 is 0 Å². The van der Waals surface area contributed by atoms with Crippen molar-refractivity contribution in [3.63, 3.8) is 0 Å². The molecule has 0 radical (unpaired) electrons. The van der Waals surface area contributed by atoms with Crippen molar-refractivity contribution in [3.05, 3.63) is 0 Å². The molecule has 6 heterocycles. The first-order chi connectivity index (χ1) is 14.6. The van der Waals surface area contributed by atoms with Crippen LogP contribution in [-0.2, 0) is 28.4 Å². The van der Waals surface area contributed by atoms with Gasteiger partial charge in [-0.1, -0.05) is 41.5 Å². The van der Waals surface area contributed by atoms with E-state index in [4.69, 9.17) is 28.4 Å². The molecule has 0 spiro atoms. The molecule has 6 unspecified atom stereocenters. The summed E-state index contributed by atoms with van der Waals surface area (Å²) in [5.41, 5.74) is 0. The van der Waals surface area contributed by atoms with Crippen LogP contribution in [0.3, 0.4) is 0 Å². The highest BCUT2D eigenvalue weighted by Gasteiger charge is 2.20. The molecule has 6 heteroatoms. The maximum Gasteiger partial charge on any atom is 0.0807 e. The SMILES string of the molecule is CCC1CO1.CCC1CO1.CCC1CO1.CCC1CO1.CCC1CO1.CCC1CO1. The Labute approximate surface area is 185 Å². The lowest BCUT2D eigenvalue weighted by atomic mass is 10.4. The zero-order chi connectivity index (χ0) is 22.2. The second kappa shape index (κ2) is 17.3. The van der Waals surface area contributed by atoms with E-state index in [-0.39, 0.29) is 0 Å². The highest BCUT2D eigenvalue weighted by Crippen LogP contribution is 2.13. The number of hydrogen-bond donors (Lipinski definition) is 0. The summed E-state index contributed by atoms with van der Waals surface area (Å²) in [5, 5.41) is 0. The average molecular weight is 433 g/mol. The van der Waals surface area contributed by atoms with Crippen LogP contribution >= 0.6 is 0 Å². The van der Waals surface area contributed by atoms with Crippen molar-refractivity contribution in [3.8, 4) is 0 Å². The van der Waals surface area contributed by atoms with Crippen molar-refractivity contribution >= 4 is 0 Å². The first-order valence-corrected chi connectivity index (χ1v) is 12.3. The van der Waals surface area contributed by atoms with Gasteiger partial charge >= 0.3 is 0 Å². The third-order valence-corrected chi connectivity index (χ3v) is 5.15. The summed E-state index contributed by atoms with van der Waals surface area (Å²) >= 11 is 0. The fraction of sp³-hybridized carbons (Fsp3) is 1.00. The van der Waals surface area contributed by atoms with Crippen LogP contribution in [0.25, 0.3) is 0 Å². The topological polar surface area (TPSA) is 75.2 Å². The molecule has 6 aliphatic heterocycles. The monoisotopic (exact) mass is 432 g/mol. The molecule has 6 saturated heterocycles. The van der Waals surface area contributed by atoms with Gasteiger partial charge in [-0.15, -0.1) is 0 Å². The summed E-state index contributed by atoms with van der Waals surface area (Å²) in [5.74, 6) is 0. The molecular formula is C24H48O6. The van der Waals surface area contributed by atoms with Gasteiger partial charge in [0.15, 0.2) is 0 Å². The lowest BCUT2D eigenvalue weighted by Gasteiger charge is -1.69. The van der Waals surface area contributed by atoms with Gasteiger partial charge in [0.05, 0.1) is 76.3 Å². The molecule has 6 fully saturated rings. The lowest BCUT2D eigenvalue weighted by molar-refractivity contribution is 0.403. The van der Waals surface area contributed by atoms with Gasteiger partial charge in [-0.2, -0.15) is 0 Å². The normalized spacial score (nSPS) is 34.2. The number of rotatable bonds is 6. The third kappa shape index (κ3) is 22.4. The zero-order valence-corrected chi connectivity index (χ0v) is 20.4. The van der Waals surface area contributed by atoms with Crippen molar-refractivity contribution < 1.29 is 28.4 Å². The summed E-state index contributed by atoms with van der Waals surface area (Å²) in [6, 6.07) is 0. The Morgan fingerprint density at radius 1 is 0.333 bits per heavy atom. The van der Waals surface area contributed by atoms with E-state index in [1.165, 1.54) is 38.5 Å². The Morgan fingerprint density at radius 3 is 0.433 bits per heavy atom. The molecule has 0 aliphatic carbocycles. The molecule has 6 aliphatic rings. The van der Waals surface area contributed by atoms with Crippen LogP contribution in [0, 0.1) is 0 Å². The Morgan fingerprint density at radius 2 is 0.433 bits per heavy atom. The van der Waals surface area contributed by atoms with Gasteiger partial charge < -0.3 is 28.4 Å². The summed E-state index contributed by atoms with van der Waals surface area (Å²) in [7, 11) is 0. The molecule has 180 valence electrons. The summed E-state index contributed by atoms with van der Waals surface area (Å²) in [4.78, 5) is 0. The van der Waals surface area contributed by atoms with Crippen molar-refractivity contribution in [2.75, 3.05) is 39.6 Å². The van der Waals surface area contributed by atoms with Crippen LogP contribution in [0.4, 0.5) is 0 Å². The van der Waals surface area contributed by atoms with Crippen LogP contribution in [0.2, 0.25) is 0 Å². The van der Waals surface area contributed by atoms with Gasteiger partial charge in [-0.05, 0) is 38.5 Å². The van der Waals surface area contributed by atoms with E-state index in [0.717, 1.165) is 39.6 Å². The average Bonchev–Trinajstić information content (AvgIpc) is 3.63. The molecule has 6 atom stereocenters. The summed E-state index contributed by atoms with van der Waals surface area (Å²) in [6.07, 6.45) is 11.0. The van der Waals surface area contributed by atoms with Crippen LogP contribution in [0.1, 0.15) is 80.1 Å². The number of hydrogen-bond acceptors (Lipinski definition) is 6. The minimum atomic E-state index is 0.634. The van der Waals surface area contributed by atoms with E-state index in [1.807, 2.05) is 0 Å². The quantitative estimate of drug-likeness (QED) is 0.563. The zero-order valence-electron chi connectivity index (χ0n) is 20.4. The van der Waals surface area contributed by atoms with Gasteiger partial charge in [0.25, 0.3) is 0 Å². The number of ether oxygens (including phenoxy) is 6. The summed E-state index contributed by atoms with van der Waals surface area (Å²) in [6.45, 7) is 18.9. The van der Waals surface area contributed by atoms with E-state index in [0.29, 0.717) is 36.6 Å². The van der Waals surface area contributed by atoms with Gasteiger partial charge in [0.1, 0.15) is 0 Å². The van der Waals surface area contributed by atoms with Crippen molar-refractivity contribution in [1.29, 1.82) is 0 Å². The molecule has 0 bridgehead atoms. The Hall–Kier alpha value is -0.240. The lowest BCUT2D eigenvalue weighted by Crippen LogP contribution is -1.73. The maximum atomic E-state index is 4.86. The summed E-state index contributed by atoms with van der Waals surface area (Å²) < 4.78 is 29.1. The third-order valence-electron chi connectivity index (χ3n) is 5.15. The second-order valence-electron chi connectivity index (χ2n) is 8.18. The Balaban J connectivity index is 0.000000180. The Kier molecular flexibility index (Phi) is 16.1. The van der Waals surface area contributed by atoms with Gasteiger partial charge in [0.2, 0.25) is 0 Å². The van der Waals surface area contributed by atoms with Crippen LogP contribution < -0.4 is 0 Å². The first-order valence-electron chi connectivity index (χ1n) is 12.3. The molecule has 6 nitrogen and oxygen atoms in total. The predicted octanol–water partition coefficient (Wildman–Crippen LogP) is 4.77. The largest absolute Gasteiger partial charge is 0.373 e. The highest BCUT2D eigenvalue weighted by atomic mass is 16.6. The van der Waals surface area contributed by atoms with Gasteiger partial charge in [-0.3, -0.25) is 0 Å². The van der Waals surface area contributed by atoms with E-state index in [2.05, 4.69) is 41.5 Å². The molecule has 6 rings (SSSR count). The molecule has 30 heavy (non-hydrogen) atoms. The van der Waals surface area contributed by atoms with Crippen molar-refractivity contribution in [1.82, 2.24) is 0 Å². The molecule has 0 aromatic rings. The van der Waals surface area contributed by atoms with Crippen LogP contribution in [-0.4, -0.2) is 76.3 Å². The minimum Gasteiger partial charge on any atom is -0.373 e. The van der Waals surface area contributed by atoms with E-state index in [9.17, 15) is 0 Å². The van der Waals surface area contributed by atoms with E-state index in [1.54, 1.807) is 0 Å². The van der Waals surface area contributed by atoms with Crippen LogP contribution in [0.5, 0.6) is 0 Å². The van der Waals surface area contributed by atoms with Gasteiger partial charge in [0, 0.05) is 0 Å². The molecular weight excluding hydrogens is 384 g/mol. The molecule has 0 amide bonds. The smallest absolute Gasteiger partial charge is 0.0807 e. The minimum absolute atomic E-state index is 0.634. The molecule has 0 saturated carbocycles. The fourth-order valence-corrected chi connectivity index (χ4v) is 1.82. The first kappa shape index (κ1) is 27.8. The maximum absolute atomic E-state index is 4.86. The number of epoxide rings is 6. The van der Waals surface area contributed by atoms with Gasteiger partial charge in [-0.25, -0.2) is 0 Å². The fourth-order valence-electron chi connectivity index (χ4n) is 1.82. The van der Waals surface area contributed by atoms with E-state index >= 15 is 0 Å². The second-order valence-corrected chi connectivity index (χ2v) is 8.18. The van der Waals surface area contributed by atoms with Crippen molar-refractivity contribution in [2.24, 2.45) is 0 Å². The molecule has 0 aromatic heterocycles. The molecule has 0 N–H and O–H groups in total. The van der Waals surface area contributed by atoms with Crippen LogP contribution in [0.15, 0.2) is 0 Å². The predicted molar refractivity (Wildman–Crippen MR) is 120 cm³/mol. The highest BCUT2D eigenvalue weighted by molar-refractivity contribution is 4.66. The van der Waals surface area contributed by atoms with Crippen molar-refractivity contribution in [2.45, 2.75) is 117 Å². The molecule has 0 aromatic carbocycles. The standard InChI is InChI=1S/6C4H8O/c6*1-2-4-3-5-4/h6*4H,2-3H2,1H3. The Bertz CT molecular complexity index is 277.